The third-order valence-electron chi connectivity index (χ3n) is 4.96. The number of hydrogen-bond acceptors (Lipinski definition) is 3. The van der Waals surface area contributed by atoms with Crippen LogP contribution in [0.4, 0.5) is 0 Å². The summed E-state index contributed by atoms with van der Waals surface area (Å²) in [6.45, 7) is 1.63. The van der Waals surface area contributed by atoms with Crippen molar-refractivity contribution in [2.24, 2.45) is 0 Å². The van der Waals surface area contributed by atoms with E-state index in [-0.39, 0.29) is 0 Å². The van der Waals surface area contributed by atoms with Gasteiger partial charge in [-0.25, -0.2) is 0 Å². The molecule has 0 saturated carbocycles. The predicted octanol–water partition coefficient (Wildman–Crippen LogP) is 4.56. The lowest BCUT2D eigenvalue weighted by molar-refractivity contribution is 0.354. The molecule has 0 bridgehead atoms. The highest BCUT2D eigenvalue weighted by Gasteiger charge is 2.17. The number of fused-ring (bicyclic) bond motifs is 3. The fraction of sp³-hybridized carbons (Fsp3) is 0.217. The van der Waals surface area contributed by atoms with Crippen molar-refractivity contribution >= 4 is 0 Å². The number of benzene rings is 3. The summed E-state index contributed by atoms with van der Waals surface area (Å²) in [7, 11) is 3.32. The van der Waals surface area contributed by atoms with Gasteiger partial charge in [0, 0.05) is 13.1 Å². The highest BCUT2D eigenvalue weighted by Crippen LogP contribution is 2.36. The first-order chi connectivity index (χ1) is 12.8. The van der Waals surface area contributed by atoms with Crippen LogP contribution >= 0.6 is 0 Å². The van der Waals surface area contributed by atoms with Crippen LogP contribution in [0.25, 0.3) is 11.1 Å². The number of methoxy groups -OCH3 is 2. The Morgan fingerprint density at radius 1 is 0.731 bits per heavy atom. The van der Waals surface area contributed by atoms with Gasteiger partial charge in [-0.3, -0.25) is 0 Å². The van der Waals surface area contributed by atoms with Crippen molar-refractivity contribution < 1.29 is 9.47 Å². The summed E-state index contributed by atoms with van der Waals surface area (Å²) in [6, 6.07) is 21.5. The van der Waals surface area contributed by atoms with Gasteiger partial charge in [0.15, 0.2) is 11.5 Å². The van der Waals surface area contributed by atoms with E-state index in [9.17, 15) is 0 Å². The molecule has 0 saturated heterocycles. The van der Waals surface area contributed by atoms with Gasteiger partial charge in [0.1, 0.15) is 0 Å². The Labute approximate surface area is 154 Å². The molecule has 3 nitrogen and oxygen atoms in total. The maximum atomic E-state index is 5.37. The number of nitrogens with one attached hydrogen (secondary N) is 1. The fourth-order valence-corrected chi connectivity index (χ4v) is 3.65. The number of rotatable bonds is 6. The SMILES string of the molecule is COc1ccc(CNCc2ccc3c(c2)Cc2ccccc2-3)cc1OC. The summed E-state index contributed by atoms with van der Waals surface area (Å²) in [5, 5.41) is 3.52. The Hall–Kier alpha value is -2.78. The second kappa shape index (κ2) is 7.22. The van der Waals surface area contributed by atoms with Crippen molar-refractivity contribution in [3.63, 3.8) is 0 Å². The first kappa shape index (κ1) is 16.7. The van der Waals surface area contributed by atoms with E-state index < -0.39 is 0 Å². The fourth-order valence-electron chi connectivity index (χ4n) is 3.65. The summed E-state index contributed by atoms with van der Waals surface area (Å²) < 4.78 is 10.7. The molecule has 1 aliphatic carbocycles. The standard InChI is InChI=1S/C23H23NO2/c1-25-22-10-8-17(12-23(22)26-2)15-24-14-16-7-9-21-19(11-16)13-18-5-3-4-6-20(18)21/h3-12,24H,13-15H2,1-2H3. The van der Waals surface area contributed by atoms with Gasteiger partial charge in [-0.15, -0.1) is 0 Å². The minimum absolute atomic E-state index is 0.759. The van der Waals surface area contributed by atoms with Crippen LogP contribution in [0.2, 0.25) is 0 Å². The van der Waals surface area contributed by atoms with Crippen LogP contribution in [-0.2, 0) is 19.5 Å². The normalized spacial score (nSPS) is 11.8. The molecule has 0 aromatic heterocycles. The Morgan fingerprint density at radius 2 is 1.42 bits per heavy atom. The van der Waals surface area contributed by atoms with Crippen LogP contribution in [0.1, 0.15) is 22.3 Å². The van der Waals surface area contributed by atoms with Gasteiger partial charge in [0.05, 0.1) is 14.2 Å². The molecule has 3 aromatic carbocycles. The molecule has 26 heavy (non-hydrogen) atoms. The molecular weight excluding hydrogens is 322 g/mol. The van der Waals surface area contributed by atoms with Crippen LogP contribution < -0.4 is 14.8 Å². The van der Waals surface area contributed by atoms with E-state index >= 15 is 0 Å². The molecule has 0 spiro atoms. The summed E-state index contributed by atoms with van der Waals surface area (Å²) in [6.07, 6.45) is 1.04. The zero-order valence-electron chi connectivity index (χ0n) is 15.2. The molecular formula is C23H23NO2. The second-order valence-corrected chi connectivity index (χ2v) is 6.62. The molecule has 0 atom stereocenters. The Balaban J connectivity index is 1.41. The molecule has 0 unspecified atom stereocenters. The van der Waals surface area contributed by atoms with Gasteiger partial charge in [0.25, 0.3) is 0 Å². The van der Waals surface area contributed by atoms with E-state index in [0.717, 1.165) is 31.0 Å². The van der Waals surface area contributed by atoms with Crippen molar-refractivity contribution in [2.75, 3.05) is 14.2 Å². The molecule has 132 valence electrons. The van der Waals surface area contributed by atoms with Crippen LogP contribution in [0, 0.1) is 0 Å². The average molecular weight is 345 g/mol. The van der Waals surface area contributed by atoms with Crippen molar-refractivity contribution in [1.29, 1.82) is 0 Å². The largest absolute Gasteiger partial charge is 0.493 e. The third-order valence-corrected chi connectivity index (χ3v) is 4.96. The van der Waals surface area contributed by atoms with E-state index in [4.69, 9.17) is 9.47 Å². The molecule has 3 aromatic rings. The third kappa shape index (κ3) is 3.18. The van der Waals surface area contributed by atoms with Crippen LogP contribution in [0.3, 0.4) is 0 Å². The van der Waals surface area contributed by atoms with Gasteiger partial charge in [0.2, 0.25) is 0 Å². The summed E-state index contributed by atoms with van der Waals surface area (Å²) in [4.78, 5) is 0. The van der Waals surface area contributed by atoms with Crippen molar-refractivity contribution in [2.45, 2.75) is 19.5 Å². The summed E-state index contributed by atoms with van der Waals surface area (Å²) in [5.41, 5.74) is 8.11. The lowest BCUT2D eigenvalue weighted by atomic mass is 10.0. The van der Waals surface area contributed by atoms with Crippen molar-refractivity contribution in [3.8, 4) is 22.6 Å². The monoisotopic (exact) mass is 345 g/mol. The lowest BCUT2D eigenvalue weighted by Crippen LogP contribution is -2.13. The first-order valence-electron chi connectivity index (χ1n) is 8.90. The van der Waals surface area contributed by atoms with Crippen LogP contribution in [0.15, 0.2) is 60.7 Å². The van der Waals surface area contributed by atoms with Crippen LogP contribution in [0.5, 0.6) is 11.5 Å². The average Bonchev–Trinajstić information content (AvgIpc) is 3.05. The zero-order chi connectivity index (χ0) is 17.9. The number of hydrogen-bond donors (Lipinski definition) is 1. The topological polar surface area (TPSA) is 30.5 Å². The van der Waals surface area contributed by atoms with Crippen LogP contribution in [-0.4, -0.2) is 14.2 Å². The summed E-state index contributed by atoms with van der Waals surface area (Å²) >= 11 is 0. The molecule has 0 heterocycles. The maximum absolute atomic E-state index is 5.37. The van der Waals surface area contributed by atoms with E-state index in [1.807, 2.05) is 12.1 Å². The Morgan fingerprint density at radius 3 is 2.23 bits per heavy atom. The molecule has 1 N–H and O–H groups in total. The minimum atomic E-state index is 0.759. The van der Waals surface area contributed by atoms with E-state index in [1.54, 1.807) is 14.2 Å². The van der Waals surface area contributed by atoms with Gasteiger partial charge in [-0.05, 0) is 51.9 Å². The first-order valence-corrected chi connectivity index (χ1v) is 8.90. The quantitative estimate of drug-likeness (QED) is 0.555. The van der Waals surface area contributed by atoms with E-state index in [2.05, 4.69) is 53.8 Å². The number of ether oxygens (including phenoxy) is 2. The summed E-state index contributed by atoms with van der Waals surface area (Å²) in [5.74, 6) is 1.52. The predicted molar refractivity (Wildman–Crippen MR) is 105 cm³/mol. The highest BCUT2D eigenvalue weighted by molar-refractivity contribution is 5.76. The molecule has 3 heteroatoms. The van der Waals surface area contributed by atoms with E-state index in [1.165, 1.54) is 33.4 Å². The molecule has 0 radical (unpaired) electrons. The molecule has 1 aliphatic rings. The molecule has 0 amide bonds. The molecule has 0 aliphatic heterocycles. The van der Waals surface area contributed by atoms with Crippen molar-refractivity contribution in [3.05, 3.63) is 82.9 Å². The highest BCUT2D eigenvalue weighted by atomic mass is 16.5. The van der Waals surface area contributed by atoms with E-state index in [0.29, 0.717) is 0 Å². The molecule has 4 rings (SSSR count). The Bertz CT molecular complexity index is 933. The maximum Gasteiger partial charge on any atom is 0.161 e. The van der Waals surface area contributed by atoms with Gasteiger partial charge in [-0.1, -0.05) is 48.5 Å². The van der Waals surface area contributed by atoms with Gasteiger partial charge >= 0.3 is 0 Å². The molecule has 0 fully saturated rings. The lowest BCUT2D eigenvalue weighted by Gasteiger charge is -2.11. The van der Waals surface area contributed by atoms with Gasteiger partial charge in [-0.2, -0.15) is 0 Å². The van der Waals surface area contributed by atoms with Crippen molar-refractivity contribution in [1.82, 2.24) is 5.32 Å². The van der Waals surface area contributed by atoms with Gasteiger partial charge < -0.3 is 14.8 Å². The minimum Gasteiger partial charge on any atom is -0.493 e. The smallest absolute Gasteiger partial charge is 0.161 e. The Kier molecular flexibility index (Phi) is 4.63. The second-order valence-electron chi connectivity index (χ2n) is 6.62. The zero-order valence-corrected chi connectivity index (χ0v) is 15.2.